The van der Waals surface area contributed by atoms with E-state index < -0.39 is 0 Å². The van der Waals surface area contributed by atoms with Gasteiger partial charge in [0.05, 0.1) is 0 Å². The molecule has 16 heavy (non-hydrogen) atoms. The van der Waals surface area contributed by atoms with E-state index in [1.807, 2.05) is 0 Å². The molecule has 4 atom stereocenters. The van der Waals surface area contributed by atoms with E-state index in [0.29, 0.717) is 5.41 Å². The van der Waals surface area contributed by atoms with Gasteiger partial charge in [0.2, 0.25) is 0 Å². The third-order valence-corrected chi connectivity index (χ3v) is 5.38. The van der Waals surface area contributed by atoms with Crippen LogP contribution in [0.25, 0.3) is 0 Å². The molecule has 0 aliphatic rings. The van der Waals surface area contributed by atoms with Crippen molar-refractivity contribution in [3.8, 4) is 0 Å². The van der Waals surface area contributed by atoms with Crippen LogP contribution in [0.1, 0.15) is 74.7 Å². The second-order valence-electron chi connectivity index (χ2n) is 6.65. The number of hydrogen-bond acceptors (Lipinski definition) is 0. The van der Waals surface area contributed by atoms with Crippen LogP contribution in [0.2, 0.25) is 0 Å². The molecule has 0 saturated heterocycles. The zero-order chi connectivity index (χ0) is 12.9. The summed E-state index contributed by atoms with van der Waals surface area (Å²) in [6, 6.07) is 0. The van der Waals surface area contributed by atoms with Gasteiger partial charge in [-0.05, 0) is 35.5 Å². The summed E-state index contributed by atoms with van der Waals surface area (Å²) in [5.74, 6) is 3.36. The van der Waals surface area contributed by atoms with E-state index in [4.69, 9.17) is 0 Å². The standard InChI is InChI=1S/C16H34/c1-9-12(3)11-13(4)15(6)16(7,8)14(5)10-2/h12-15H,9-11H2,1-8H3. The maximum Gasteiger partial charge on any atom is -0.0300 e. The Bertz CT molecular complexity index is 180. The van der Waals surface area contributed by atoms with Crippen LogP contribution in [0.3, 0.4) is 0 Å². The van der Waals surface area contributed by atoms with Crippen LogP contribution in [0, 0.1) is 29.1 Å². The van der Waals surface area contributed by atoms with Crippen molar-refractivity contribution in [3.05, 3.63) is 0 Å². The normalized spacial score (nSPS) is 20.2. The Morgan fingerprint density at radius 3 is 1.75 bits per heavy atom. The monoisotopic (exact) mass is 226 g/mol. The zero-order valence-electron chi connectivity index (χ0n) is 12.9. The Morgan fingerprint density at radius 1 is 0.875 bits per heavy atom. The third-order valence-electron chi connectivity index (χ3n) is 5.38. The zero-order valence-corrected chi connectivity index (χ0v) is 12.9. The van der Waals surface area contributed by atoms with E-state index in [0.717, 1.165) is 23.7 Å². The molecule has 0 saturated carbocycles. The van der Waals surface area contributed by atoms with E-state index in [2.05, 4.69) is 55.4 Å². The average molecular weight is 226 g/mol. The molecule has 0 fully saturated rings. The summed E-state index contributed by atoms with van der Waals surface area (Å²) in [7, 11) is 0. The number of hydrogen-bond donors (Lipinski definition) is 0. The van der Waals surface area contributed by atoms with Gasteiger partial charge < -0.3 is 0 Å². The molecule has 0 heterocycles. The van der Waals surface area contributed by atoms with Crippen molar-refractivity contribution in [2.75, 3.05) is 0 Å². The first-order valence-corrected chi connectivity index (χ1v) is 7.27. The van der Waals surface area contributed by atoms with Gasteiger partial charge in [-0.25, -0.2) is 0 Å². The SMILES string of the molecule is CCC(C)CC(C)C(C)C(C)(C)C(C)CC. The summed E-state index contributed by atoms with van der Waals surface area (Å²) in [5.41, 5.74) is 0.474. The van der Waals surface area contributed by atoms with Gasteiger partial charge in [0.25, 0.3) is 0 Å². The van der Waals surface area contributed by atoms with Crippen molar-refractivity contribution in [2.24, 2.45) is 29.1 Å². The Kier molecular flexibility index (Phi) is 6.67. The lowest BCUT2D eigenvalue weighted by atomic mass is 9.64. The minimum absolute atomic E-state index is 0.474. The molecule has 0 aromatic rings. The van der Waals surface area contributed by atoms with Crippen LogP contribution in [-0.4, -0.2) is 0 Å². The summed E-state index contributed by atoms with van der Waals surface area (Å²) < 4.78 is 0. The Morgan fingerprint density at radius 2 is 1.38 bits per heavy atom. The van der Waals surface area contributed by atoms with Gasteiger partial charge >= 0.3 is 0 Å². The first-order chi connectivity index (χ1) is 7.27. The molecular formula is C16H34. The molecular weight excluding hydrogens is 192 g/mol. The summed E-state index contributed by atoms with van der Waals surface area (Å²) in [5, 5.41) is 0. The molecule has 0 aromatic carbocycles. The van der Waals surface area contributed by atoms with Gasteiger partial charge in [0, 0.05) is 0 Å². The molecule has 0 N–H and O–H groups in total. The van der Waals surface area contributed by atoms with E-state index in [1.165, 1.54) is 19.3 Å². The second kappa shape index (κ2) is 6.67. The highest BCUT2D eigenvalue weighted by Crippen LogP contribution is 2.42. The predicted molar refractivity (Wildman–Crippen MR) is 75.6 cm³/mol. The summed E-state index contributed by atoms with van der Waals surface area (Å²) in [6.07, 6.45) is 4.01. The fourth-order valence-electron chi connectivity index (χ4n) is 2.71. The Balaban J connectivity index is 4.46. The van der Waals surface area contributed by atoms with Crippen molar-refractivity contribution in [2.45, 2.75) is 74.7 Å². The average Bonchev–Trinajstić information content (AvgIpc) is 2.26. The Hall–Kier alpha value is 0. The maximum atomic E-state index is 2.46. The third kappa shape index (κ3) is 4.11. The first-order valence-electron chi connectivity index (χ1n) is 7.27. The van der Waals surface area contributed by atoms with Gasteiger partial charge in [-0.15, -0.1) is 0 Å². The van der Waals surface area contributed by atoms with Gasteiger partial charge in [-0.3, -0.25) is 0 Å². The molecule has 0 rings (SSSR count). The highest BCUT2D eigenvalue weighted by Gasteiger charge is 2.34. The highest BCUT2D eigenvalue weighted by molar-refractivity contribution is 4.83. The van der Waals surface area contributed by atoms with Crippen LogP contribution in [0.4, 0.5) is 0 Å². The molecule has 0 spiro atoms. The molecule has 0 amide bonds. The largest absolute Gasteiger partial charge is 0.0651 e. The molecule has 0 heteroatoms. The van der Waals surface area contributed by atoms with E-state index >= 15 is 0 Å². The fraction of sp³-hybridized carbons (Fsp3) is 1.00. The quantitative estimate of drug-likeness (QED) is 0.517. The van der Waals surface area contributed by atoms with Gasteiger partial charge in [0.1, 0.15) is 0 Å². The van der Waals surface area contributed by atoms with Crippen molar-refractivity contribution in [1.29, 1.82) is 0 Å². The minimum atomic E-state index is 0.474. The highest BCUT2D eigenvalue weighted by atomic mass is 14.4. The molecule has 0 aromatic heterocycles. The van der Waals surface area contributed by atoms with E-state index in [-0.39, 0.29) is 0 Å². The van der Waals surface area contributed by atoms with Crippen molar-refractivity contribution >= 4 is 0 Å². The molecule has 98 valence electrons. The van der Waals surface area contributed by atoms with Crippen molar-refractivity contribution < 1.29 is 0 Å². The molecule has 0 nitrogen and oxygen atoms in total. The van der Waals surface area contributed by atoms with Crippen LogP contribution < -0.4 is 0 Å². The maximum absolute atomic E-state index is 2.46. The van der Waals surface area contributed by atoms with Crippen LogP contribution in [0.15, 0.2) is 0 Å². The van der Waals surface area contributed by atoms with E-state index in [9.17, 15) is 0 Å². The predicted octanol–water partition coefficient (Wildman–Crippen LogP) is 5.77. The lowest BCUT2D eigenvalue weighted by Crippen LogP contribution is -2.33. The smallest absolute Gasteiger partial charge is 0.0300 e. The number of rotatable bonds is 7. The first kappa shape index (κ1) is 16.0. The van der Waals surface area contributed by atoms with Crippen LogP contribution in [-0.2, 0) is 0 Å². The van der Waals surface area contributed by atoms with Crippen molar-refractivity contribution in [3.63, 3.8) is 0 Å². The fourth-order valence-corrected chi connectivity index (χ4v) is 2.71. The van der Waals surface area contributed by atoms with E-state index in [1.54, 1.807) is 0 Å². The van der Waals surface area contributed by atoms with Crippen molar-refractivity contribution in [1.82, 2.24) is 0 Å². The Labute approximate surface area is 104 Å². The van der Waals surface area contributed by atoms with Crippen LogP contribution in [0.5, 0.6) is 0 Å². The summed E-state index contributed by atoms with van der Waals surface area (Å²) >= 11 is 0. The molecule has 4 unspecified atom stereocenters. The molecule has 0 radical (unpaired) electrons. The lowest BCUT2D eigenvalue weighted by molar-refractivity contribution is 0.0830. The van der Waals surface area contributed by atoms with Crippen LogP contribution >= 0.6 is 0 Å². The van der Waals surface area contributed by atoms with Gasteiger partial charge in [-0.2, -0.15) is 0 Å². The second-order valence-corrected chi connectivity index (χ2v) is 6.65. The summed E-state index contributed by atoms with van der Waals surface area (Å²) in [4.78, 5) is 0. The minimum Gasteiger partial charge on any atom is -0.0651 e. The van der Waals surface area contributed by atoms with Gasteiger partial charge in [-0.1, -0.05) is 68.2 Å². The molecule has 0 aliphatic heterocycles. The summed E-state index contributed by atoms with van der Waals surface area (Å²) in [6.45, 7) is 19.2. The topological polar surface area (TPSA) is 0 Å². The molecule has 0 bridgehead atoms. The van der Waals surface area contributed by atoms with Gasteiger partial charge in [0.15, 0.2) is 0 Å². The lowest BCUT2D eigenvalue weighted by Gasteiger charge is -2.41. The molecule has 0 aliphatic carbocycles.